The number of anilines is 2. The Morgan fingerprint density at radius 3 is 2.29 bits per heavy atom. The Hall–Kier alpha value is -2.74. The lowest BCUT2D eigenvalue weighted by atomic mass is 9.89. The second-order valence-corrected chi connectivity index (χ2v) is 9.88. The van der Waals surface area contributed by atoms with E-state index in [1.807, 2.05) is 4.90 Å². The topological polar surface area (TPSA) is 61.6 Å². The molecule has 3 N–H and O–H groups in total. The molecule has 190 valence electrons. The molecule has 35 heavy (non-hydrogen) atoms. The highest BCUT2D eigenvalue weighted by molar-refractivity contribution is 5.76. The molecule has 2 heterocycles. The number of alkyl halides is 3. The van der Waals surface area contributed by atoms with Crippen LogP contribution in [0.2, 0.25) is 0 Å². The van der Waals surface area contributed by atoms with Crippen LogP contribution in [0.3, 0.4) is 0 Å². The van der Waals surface area contributed by atoms with Gasteiger partial charge in [-0.15, -0.1) is 0 Å². The maximum absolute atomic E-state index is 13.1. The van der Waals surface area contributed by atoms with Crippen molar-refractivity contribution in [1.29, 1.82) is 0 Å². The summed E-state index contributed by atoms with van der Waals surface area (Å²) in [4.78, 5) is 17.0. The highest BCUT2D eigenvalue weighted by Crippen LogP contribution is 2.35. The van der Waals surface area contributed by atoms with Gasteiger partial charge in [0.15, 0.2) is 0 Å². The molecule has 0 radical (unpaired) electrons. The predicted octanol–water partition coefficient (Wildman–Crippen LogP) is 5.27. The van der Waals surface area contributed by atoms with E-state index in [0.29, 0.717) is 44.0 Å². The Labute approximate surface area is 205 Å². The van der Waals surface area contributed by atoms with Gasteiger partial charge in [0.05, 0.1) is 5.56 Å². The number of carbonyl (C=O) groups excluding carboxylic acids is 1. The van der Waals surface area contributed by atoms with E-state index in [2.05, 4.69) is 41.4 Å². The molecule has 8 heteroatoms. The van der Waals surface area contributed by atoms with Crippen molar-refractivity contribution >= 4 is 17.3 Å². The summed E-state index contributed by atoms with van der Waals surface area (Å²) >= 11 is 0. The van der Waals surface area contributed by atoms with Crippen LogP contribution in [0.15, 0.2) is 42.5 Å². The van der Waals surface area contributed by atoms with Gasteiger partial charge < -0.3 is 20.9 Å². The minimum atomic E-state index is -4.48. The van der Waals surface area contributed by atoms with Crippen molar-refractivity contribution in [1.82, 2.24) is 9.80 Å². The molecule has 4 rings (SSSR count). The van der Waals surface area contributed by atoms with Crippen molar-refractivity contribution in [2.24, 2.45) is 0 Å². The van der Waals surface area contributed by atoms with Crippen LogP contribution in [0.4, 0.5) is 24.5 Å². The Morgan fingerprint density at radius 2 is 1.66 bits per heavy atom. The van der Waals surface area contributed by atoms with Crippen LogP contribution in [0, 0.1) is 6.92 Å². The van der Waals surface area contributed by atoms with Crippen LogP contribution in [0.25, 0.3) is 0 Å². The van der Waals surface area contributed by atoms with E-state index >= 15 is 0 Å². The van der Waals surface area contributed by atoms with Gasteiger partial charge in [0.25, 0.3) is 0 Å². The fourth-order valence-corrected chi connectivity index (χ4v) is 5.14. The molecule has 2 saturated heterocycles. The van der Waals surface area contributed by atoms with Crippen molar-refractivity contribution in [3.8, 4) is 0 Å². The summed E-state index contributed by atoms with van der Waals surface area (Å²) < 4.78 is 39.3. The standard InChI is InChI=1S/C27H35F3N4O/c1-19-2-4-20(5-3-19)21-8-13-33(14-9-21)15-12-26(35)34-16-10-22(11-17-34)32-23-6-7-25(31)24(18-23)27(28,29)30/h2-7,18,21-22,32H,8-17,31H2,1H3. The molecule has 2 aromatic rings. The number of halogens is 3. The van der Waals surface area contributed by atoms with Crippen molar-refractivity contribution in [2.45, 2.75) is 57.2 Å². The van der Waals surface area contributed by atoms with E-state index in [1.165, 1.54) is 17.2 Å². The number of likely N-dealkylation sites (tertiary alicyclic amines) is 2. The summed E-state index contributed by atoms with van der Waals surface area (Å²) in [5, 5.41) is 3.18. The van der Waals surface area contributed by atoms with E-state index < -0.39 is 11.7 Å². The van der Waals surface area contributed by atoms with E-state index in [0.717, 1.165) is 38.5 Å². The Bertz CT molecular complexity index is 992. The maximum Gasteiger partial charge on any atom is 0.418 e. The lowest BCUT2D eigenvalue weighted by Gasteiger charge is -2.35. The van der Waals surface area contributed by atoms with E-state index in [9.17, 15) is 18.0 Å². The normalized spacial score (nSPS) is 18.6. The largest absolute Gasteiger partial charge is 0.418 e. The molecule has 0 unspecified atom stereocenters. The molecule has 2 aliphatic rings. The van der Waals surface area contributed by atoms with Crippen LogP contribution in [0.5, 0.6) is 0 Å². The Morgan fingerprint density at radius 1 is 1.00 bits per heavy atom. The second-order valence-electron chi connectivity index (χ2n) is 9.88. The van der Waals surface area contributed by atoms with Gasteiger partial charge in [0.2, 0.25) is 5.91 Å². The van der Waals surface area contributed by atoms with Gasteiger partial charge in [-0.2, -0.15) is 13.2 Å². The lowest BCUT2D eigenvalue weighted by Crippen LogP contribution is -2.43. The minimum absolute atomic E-state index is 0.0320. The van der Waals surface area contributed by atoms with Crippen molar-refractivity contribution in [3.63, 3.8) is 0 Å². The van der Waals surface area contributed by atoms with Crippen LogP contribution >= 0.6 is 0 Å². The van der Waals surface area contributed by atoms with E-state index in [-0.39, 0.29) is 17.6 Å². The van der Waals surface area contributed by atoms with Gasteiger partial charge >= 0.3 is 6.18 Å². The maximum atomic E-state index is 13.1. The fraction of sp³-hybridized carbons (Fsp3) is 0.519. The zero-order valence-electron chi connectivity index (χ0n) is 20.3. The van der Waals surface area contributed by atoms with Gasteiger partial charge in [0, 0.05) is 43.5 Å². The third-order valence-electron chi connectivity index (χ3n) is 7.36. The number of amides is 1. The highest BCUT2D eigenvalue weighted by Gasteiger charge is 2.33. The first-order valence-electron chi connectivity index (χ1n) is 12.5. The van der Waals surface area contributed by atoms with Gasteiger partial charge in [-0.3, -0.25) is 4.79 Å². The van der Waals surface area contributed by atoms with Gasteiger partial charge in [0.1, 0.15) is 0 Å². The summed E-state index contributed by atoms with van der Waals surface area (Å²) in [5.74, 6) is 0.762. The molecular weight excluding hydrogens is 453 g/mol. The highest BCUT2D eigenvalue weighted by atomic mass is 19.4. The number of aryl methyl sites for hydroxylation is 1. The summed E-state index contributed by atoms with van der Waals surface area (Å²) in [7, 11) is 0. The number of nitrogens with zero attached hydrogens (tertiary/aromatic N) is 2. The van der Waals surface area contributed by atoms with Crippen molar-refractivity contribution in [2.75, 3.05) is 43.8 Å². The molecule has 0 saturated carbocycles. The molecule has 0 atom stereocenters. The summed E-state index contributed by atoms with van der Waals surface area (Å²) in [5.41, 5.74) is 7.49. The Kier molecular flexibility index (Phi) is 7.89. The number of hydrogen-bond donors (Lipinski definition) is 2. The molecule has 1 amide bonds. The fourth-order valence-electron chi connectivity index (χ4n) is 5.14. The van der Waals surface area contributed by atoms with E-state index in [1.54, 1.807) is 6.07 Å². The van der Waals surface area contributed by atoms with Crippen LogP contribution < -0.4 is 11.1 Å². The minimum Gasteiger partial charge on any atom is -0.398 e. The molecule has 0 aliphatic carbocycles. The van der Waals surface area contributed by atoms with Crippen LogP contribution in [0.1, 0.15) is 54.7 Å². The third kappa shape index (κ3) is 6.69. The molecule has 2 fully saturated rings. The number of rotatable bonds is 6. The number of hydrogen-bond acceptors (Lipinski definition) is 4. The average molecular weight is 489 g/mol. The molecule has 2 aliphatic heterocycles. The number of benzene rings is 2. The number of carbonyl (C=O) groups is 1. The zero-order valence-corrected chi connectivity index (χ0v) is 20.3. The predicted molar refractivity (Wildman–Crippen MR) is 133 cm³/mol. The van der Waals surface area contributed by atoms with Crippen LogP contribution in [-0.2, 0) is 11.0 Å². The van der Waals surface area contributed by atoms with Gasteiger partial charge in [-0.05, 0) is 75.4 Å². The Balaban J connectivity index is 1.18. The first kappa shape index (κ1) is 25.4. The second kappa shape index (κ2) is 10.9. The molecule has 0 aromatic heterocycles. The SMILES string of the molecule is Cc1ccc(C2CCN(CCC(=O)N3CCC(Nc4ccc(N)c(C(F)(F)F)c4)CC3)CC2)cc1. The summed E-state index contributed by atoms with van der Waals surface area (Å²) in [6, 6.07) is 12.8. The quantitative estimate of drug-likeness (QED) is 0.544. The third-order valence-corrected chi connectivity index (χ3v) is 7.36. The molecule has 0 spiro atoms. The summed E-state index contributed by atoms with van der Waals surface area (Å²) in [6.45, 7) is 6.15. The molecule has 0 bridgehead atoms. The summed E-state index contributed by atoms with van der Waals surface area (Å²) in [6.07, 6.45) is -0.308. The van der Waals surface area contributed by atoms with Crippen LogP contribution in [-0.4, -0.2) is 54.5 Å². The van der Waals surface area contributed by atoms with Crippen molar-refractivity contribution < 1.29 is 18.0 Å². The average Bonchev–Trinajstić information content (AvgIpc) is 2.84. The number of nitrogen functional groups attached to an aromatic ring is 1. The molecule has 5 nitrogen and oxygen atoms in total. The number of nitrogens with two attached hydrogens (primary N) is 1. The monoisotopic (exact) mass is 488 g/mol. The zero-order chi connectivity index (χ0) is 25.0. The number of nitrogens with one attached hydrogen (secondary N) is 1. The molecule has 2 aromatic carbocycles. The smallest absolute Gasteiger partial charge is 0.398 e. The lowest BCUT2D eigenvalue weighted by molar-refractivity contribution is -0.137. The first-order valence-corrected chi connectivity index (χ1v) is 12.5. The van der Waals surface area contributed by atoms with Crippen molar-refractivity contribution in [3.05, 3.63) is 59.2 Å². The van der Waals surface area contributed by atoms with Gasteiger partial charge in [-0.25, -0.2) is 0 Å². The number of piperidine rings is 2. The van der Waals surface area contributed by atoms with E-state index in [4.69, 9.17) is 5.73 Å². The van der Waals surface area contributed by atoms with Gasteiger partial charge in [-0.1, -0.05) is 29.8 Å². The molecular formula is C27H35F3N4O. The first-order chi connectivity index (χ1) is 16.7.